The van der Waals surface area contributed by atoms with Crippen LogP contribution in [-0.2, 0) is 10.0 Å². The van der Waals surface area contributed by atoms with Gasteiger partial charge in [0.15, 0.2) is 0 Å². The fourth-order valence-electron chi connectivity index (χ4n) is 5.63. The lowest BCUT2D eigenvalue weighted by Gasteiger charge is -2.38. The maximum atomic E-state index is 13.7. The number of sulfonamides is 1. The van der Waals surface area contributed by atoms with E-state index in [4.69, 9.17) is 4.74 Å². The first kappa shape index (κ1) is 29.4. The van der Waals surface area contributed by atoms with E-state index in [1.807, 2.05) is 13.8 Å². The van der Waals surface area contributed by atoms with Gasteiger partial charge in [0.1, 0.15) is 11.9 Å². The van der Waals surface area contributed by atoms with Crippen LogP contribution in [0.4, 0.5) is 5.69 Å². The van der Waals surface area contributed by atoms with Crippen molar-refractivity contribution in [2.75, 3.05) is 38.0 Å². The molecule has 0 spiro atoms. The number of aliphatic hydroxyl groups excluding tert-OH is 1. The van der Waals surface area contributed by atoms with Gasteiger partial charge >= 0.3 is 0 Å². The number of ether oxygens (including phenoxy) is 1. The van der Waals surface area contributed by atoms with Crippen molar-refractivity contribution in [2.45, 2.75) is 69.9 Å². The second-order valence-electron chi connectivity index (χ2n) is 11.5. The van der Waals surface area contributed by atoms with Gasteiger partial charge in [-0.15, -0.1) is 0 Å². The monoisotopic (exact) mass is 557 g/mol. The van der Waals surface area contributed by atoms with Crippen LogP contribution >= 0.6 is 0 Å². The maximum Gasteiger partial charge on any atom is 0.261 e. The van der Waals surface area contributed by atoms with Gasteiger partial charge in [-0.05, 0) is 70.0 Å². The summed E-state index contributed by atoms with van der Waals surface area (Å²) in [5, 5.41) is 9.92. The Morgan fingerprint density at radius 2 is 1.79 bits per heavy atom. The fourth-order valence-corrected chi connectivity index (χ4v) is 6.68. The van der Waals surface area contributed by atoms with E-state index in [9.17, 15) is 18.3 Å². The smallest absolute Gasteiger partial charge is 0.261 e. The molecule has 2 N–H and O–H groups in total. The van der Waals surface area contributed by atoms with Gasteiger partial charge < -0.3 is 19.6 Å². The molecule has 2 aromatic rings. The third-order valence-electron chi connectivity index (χ3n) is 8.03. The molecule has 1 fully saturated rings. The predicted molar refractivity (Wildman–Crippen MR) is 154 cm³/mol. The Bertz CT molecular complexity index is 1230. The summed E-state index contributed by atoms with van der Waals surface area (Å²) in [6.07, 6.45) is 6.30. The molecule has 214 valence electrons. The van der Waals surface area contributed by atoms with Gasteiger partial charge in [-0.25, -0.2) is 8.42 Å². The Kier molecular flexibility index (Phi) is 9.56. The van der Waals surface area contributed by atoms with Crippen LogP contribution in [-0.4, -0.2) is 74.7 Å². The van der Waals surface area contributed by atoms with Crippen molar-refractivity contribution < 1.29 is 23.1 Å². The van der Waals surface area contributed by atoms with Crippen molar-refractivity contribution in [3.8, 4) is 5.75 Å². The van der Waals surface area contributed by atoms with Crippen LogP contribution in [0.1, 0.15) is 61.9 Å². The van der Waals surface area contributed by atoms with Crippen LogP contribution < -0.4 is 9.46 Å². The summed E-state index contributed by atoms with van der Waals surface area (Å²) in [6.45, 7) is 7.80. The molecule has 0 radical (unpaired) electrons. The highest BCUT2D eigenvalue weighted by molar-refractivity contribution is 7.92. The summed E-state index contributed by atoms with van der Waals surface area (Å²) in [4.78, 5) is 17.9. The van der Waals surface area contributed by atoms with Gasteiger partial charge in [0, 0.05) is 31.2 Å². The number of likely N-dealkylation sites (N-methyl/N-ethyl adjacent to an activating group) is 1. The normalized spacial score (nSPS) is 21.6. The topological polar surface area (TPSA) is 99.2 Å². The van der Waals surface area contributed by atoms with Crippen molar-refractivity contribution in [3.05, 3.63) is 53.6 Å². The standard InChI is InChI=1S/C30H43N3O5S/c1-21-10-13-26(14-11-21)39(36,37)31-25-12-15-28-27(16-25)30(35)33(23(3)20-34)17-22(2)29(38-28)19-32(4)18-24-8-6-5-7-9-24/h10-16,22-24,29,31,34H,5-9,17-20H2,1-4H3/t22-,23-,29-/m1/s1. The molecule has 0 unspecified atom stereocenters. The number of carbonyl (C=O) groups excluding carboxylic acids is 1. The van der Waals surface area contributed by atoms with Gasteiger partial charge in [-0.2, -0.15) is 0 Å². The molecule has 0 bridgehead atoms. The molecule has 0 saturated heterocycles. The highest BCUT2D eigenvalue weighted by Crippen LogP contribution is 2.32. The largest absolute Gasteiger partial charge is 0.488 e. The minimum Gasteiger partial charge on any atom is -0.488 e. The summed E-state index contributed by atoms with van der Waals surface area (Å²) < 4.78 is 35.1. The van der Waals surface area contributed by atoms with Gasteiger partial charge in [0.05, 0.1) is 23.1 Å². The van der Waals surface area contributed by atoms with Crippen LogP contribution in [0.25, 0.3) is 0 Å². The lowest BCUT2D eigenvalue weighted by molar-refractivity contribution is 0.0330. The van der Waals surface area contributed by atoms with E-state index in [0.717, 1.165) is 12.1 Å². The number of benzene rings is 2. The van der Waals surface area contributed by atoms with Crippen LogP contribution in [0.2, 0.25) is 0 Å². The molecule has 0 aromatic heterocycles. The SMILES string of the molecule is Cc1ccc(S(=O)(=O)Nc2ccc3c(c2)C(=O)N([C@H](C)CO)C[C@@H](C)[C@@H](CN(C)CC2CCCCC2)O3)cc1. The molecule has 8 nitrogen and oxygen atoms in total. The lowest BCUT2D eigenvalue weighted by Crippen LogP contribution is -2.50. The Hall–Kier alpha value is -2.62. The van der Waals surface area contributed by atoms with Gasteiger partial charge in [0.25, 0.3) is 15.9 Å². The number of aliphatic hydroxyl groups is 1. The summed E-state index contributed by atoms with van der Waals surface area (Å²) in [5.74, 6) is 0.876. The zero-order valence-corrected chi connectivity index (χ0v) is 24.4. The molecule has 1 amide bonds. The summed E-state index contributed by atoms with van der Waals surface area (Å²) in [5.41, 5.74) is 1.53. The second-order valence-corrected chi connectivity index (χ2v) is 13.2. The van der Waals surface area contributed by atoms with E-state index in [2.05, 4.69) is 23.6 Å². The van der Waals surface area contributed by atoms with Crippen LogP contribution in [0.3, 0.4) is 0 Å². The number of aryl methyl sites for hydroxylation is 1. The van der Waals surface area contributed by atoms with E-state index < -0.39 is 10.0 Å². The van der Waals surface area contributed by atoms with Crippen molar-refractivity contribution in [1.29, 1.82) is 0 Å². The van der Waals surface area contributed by atoms with E-state index in [0.29, 0.717) is 24.8 Å². The quantitative estimate of drug-likeness (QED) is 0.470. The molecule has 39 heavy (non-hydrogen) atoms. The molecule has 2 aliphatic rings. The third-order valence-corrected chi connectivity index (χ3v) is 9.43. The Balaban J connectivity index is 1.60. The number of anilines is 1. The molecular formula is C30H43N3O5S. The molecule has 4 rings (SSSR count). The number of nitrogens with zero attached hydrogens (tertiary/aromatic N) is 2. The number of carbonyl (C=O) groups is 1. The Labute approximate surface area is 233 Å². The molecule has 3 atom stereocenters. The van der Waals surface area contributed by atoms with Crippen molar-refractivity contribution in [2.24, 2.45) is 11.8 Å². The van der Waals surface area contributed by atoms with E-state index >= 15 is 0 Å². The predicted octanol–water partition coefficient (Wildman–Crippen LogP) is 4.53. The van der Waals surface area contributed by atoms with Crippen molar-refractivity contribution >= 4 is 21.6 Å². The second kappa shape index (κ2) is 12.7. The molecular weight excluding hydrogens is 514 g/mol. The zero-order chi connectivity index (χ0) is 28.2. The number of rotatable bonds is 9. The first-order valence-electron chi connectivity index (χ1n) is 14.1. The first-order chi connectivity index (χ1) is 18.6. The first-order valence-corrected chi connectivity index (χ1v) is 15.6. The number of fused-ring (bicyclic) bond motifs is 1. The number of hydrogen-bond acceptors (Lipinski definition) is 6. The van der Waals surface area contributed by atoms with Gasteiger partial charge in [-0.3, -0.25) is 9.52 Å². The molecule has 9 heteroatoms. The Morgan fingerprint density at radius 1 is 1.10 bits per heavy atom. The molecule has 1 heterocycles. The molecule has 1 aliphatic carbocycles. The number of hydrogen-bond donors (Lipinski definition) is 2. The Morgan fingerprint density at radius 3 is 2.46 bits per heavy atom. The minimum absolute atomic E-state index is 0.0321. The highest BCUT2D eigenvalue weighted by atomic mass is 32.2. The summed E-state index contributed by atoms with van der Waals surface area (Å²) >= 11 is 0. The van der Waals surface area contributed by atoms with Crippen molar-refractivity contribution in [1.82, 2.24) is 9.80 Å². The highest BCUT2D eigenvalue weighted by Gasteiger charge is 2.34. The van der Waals surface area contributed by atoms with E-state index in [-0.39, 0.29) is 46.7 Å². The summed E-state index contributed by atoms with van der Waals surface area (Å²) in [7, 11) is -1.71. The third kappa shape index (κ3) is 7.32. The summed E-state index contributed by atoms with van der Waals surface area (Å²) in [6, 6.07) is 11.1. The average molecular weight is 558 g/mol. The maximum absolute atomic E-state index is 13.7. The number of nitrogens with one attached hydrogen (secondary N) is 1. The van der Waals surface area contributed by atoms with Crippen molar-refractivity contribution in [3.63, 3.8) is 0 Å². The number of amides is 1. The molecule has 2 aromatic carbocycles. The van der Waals surface area contributed by atoms with Gasteiger partial charge in [0.2, 0.25) is 0 Å². The average Bonchev–Trinajstić information content (AvgIpc) is 2.91. The van der Waals surface area contributed by atoms with Crippen LogP contribution in [0.5, 0.6) is 5.75 Å². The van der Waals surface area contributed by atoms with Gasteiger partial charge in [-0.1, -0.05) is 43.9 Å². The molecule has 1 aliphatic heterocycles. The molecule has 1 saturated carbocycles. The lowest BCUT2D eigenvalue weighted by atomic mass is 9.89. The van der Waals surface area contributed by atoms with Crippen LogP contribution in [0, 0.1) is 18.8 Å². The van der Waals surface area contributed by atoms with E-state index in [1.54, 1.807) is 47.4 Å². The minimum atomic E-state index is -3.84. The zero-order valence-electron chi connectivity index (χ0n) is 23.6. The van der Waals surface area contributed by atoms with E-state index in [1.165, 1.54) is 32.1 Å². The van der Waals surface area contributed by atoms with Crippen LogP contribution in [0.15, 0.2) is 47.4 Å². The fraction of sp³-hybridized carbons (Fsp3) is 0.567.